The van der Waals surface area contributed by atoms with Gasteiger partial charge in [-0.25, -0.2) is 0 Å². The average Bonchev–Trinajstić information content (AvgIpc) is 2.67. The minimum Gasteiger partial charge on any atom is -0.497 e. The number of halogens is 1. The van der Waals surface area contributed by atoms with Crippen LogP contribution in [0.2, 0.25) is 0 Å². The molecule has 0 aliphatic carbocycles. The van der Waals surface area contributed by atoms with Gasteiger partial charge in [0.25, 0.3) is 0 Å². The van der Waals surface area contributed by atoms with E-state index in [4.69, 9.17) is 15.5 Å². The number of primary amides is 1. The highest BCUT2D eigenvalue weighted by molar-refractivity contribution is 14.0. The van der Waals surface area contributed by atoms with Crippen molar-refractivity contribution in [2.45, 2.75) is 32.2 Å². The Kier molecular flexibility index (Phi) is 11.3. The van der Waals surface area contributed by atoms with Crippen LogP contribution < -0.4 is 15.8 Å². The number of nitrogens with one attached hydrogen (secondary N) is 1. The molecule has 1 saturated heterocycles. The van der Waals surface area contributed by atoms with E-state index in [2.05, 4.69) is 48.3 Å². The van der Waals surface area contributed by atoms with Crippen LogP contribution in [0, 0.1) is 5.92 Å². The first-order valence-electron chi connectivity index (χ1n) is 10.1. The Morgan fingerprint density at radius 1 is 1.45 bits per heavy atom. The van der Waals surface area contributed by atoms with Crippen molar-refractivity contribution in [1.82, 2.24) is 15.1 Å². The van der Waals surface area contributed by atoms with Gasteiger partial charge < -0.3 is 25.6 Å². The normalized spacial score (nSPS) is 18.2. The molecule has 0 radical (unpaired) electrons. The molecular formula is C21H36IN5O2. The summed E-state index contributed by atoms with van der Waals surface area (Å²) in [4.78, 5) is 20.7. The number of carbonyl (C=O) groups excluding carboxylic acids is 1. The van der Waals surface area contributed by atoms with Gasteiger partial charge in [-0.2, -0.15) is 0 Å². The van der Waals surface area contributed by atoms with Crippen LogP contribution >= 0.6 is 24.0 Å². The van der Waals surface area contributed by atoms with Gasteiger partial charge in [0.15, 0.2) is 5.96 Å². The summed E-state index contributed by atoms with van der Waals surface area (Å²) in [6.07, 6.45) is 2.54. The number of likely N-dealkylation sites (tertiary alicyclic amines) is 1. The zero-order valence-corrected chi connectivity index (χ0v) is 20.4. The number of piperidine rings is 1. The summed E-state index contributed by atoms with van der Waals surface area (Å²) in [5.41, 5.74) is 6.58. The number of rotatable bonds is 8. The summed E-state index contributed by atoms with van der Waals surface area (Å²) in [6.45, 7) is 5.29. The van der Waals surface area contributed by atoms with Gasteiger partial charge in [0.2, 0.25) is 5.91 Å². The van der Waals surface area contributed by atoms with Gasteiger partial charge in [-0.15, -0.1) is 24.0 Å². The van der Waals surface area contributed by atoms with Gasteiger partial charge in [0.1, 0.15) is 5.75 Å². The van der Waals surface area contributed by atoms with Crippen molar-refractivity contribution in [2.75, 3.05) is 47.4 Å². The molecule has 164 valence electrons. The Hall–Kier alpha value is -1.55. The summed E-state index contributed by atoms with van der Waals surface area (Å²) in [5.74, 6) is 1.84. The summed E-state index contributed by atoms with van der Waals surface area (Å²) < 4.78 is 5.37. The molecular weight excluding hydrogens is 481 g/mol. The quantitative estimate of drug-likeness (QED) is 0.315. The molecule has 1 aliphatic heterocycles. The van der Waals surface area contributed by atoms with Crippen LogP contribution in [0.1, 0.15) is 37.8 Å². The van der Waals surface area contributed by atoms with Crippen molar-refractivity contribution >= 4 is 35.8 Å². The number of aliphatic imine (C=N–C) groups is 1. The maximum atomic E-state index is 11.3. The monoisotopic (exact) mass is 517 g/mol. The van der Waals surface area contributed by atoms with Gasteiger partial charge in [-0.05, 0) is 57.5 Å². The van der Waals surface area contributed by atoms with Gasteiger partial charge in [-0.1, -0.05) is 12.1 Å². The highest BCUT2D eigenvalue weighted by Crippen LogP contribution is 2.24. The Bertz CT molecular complexity index is 668. The first kappa shape index (κ1) is 25.5. The van der Waals surface area contributed by atoms with Crippen molar-refractivity contribution in [2.24, 2.45) is 16.6 Å². The van der Waals surface area contributed by atoms with Crippen molar-refractivity contribution < 1.29 is 9.53 Å². The van der Waals surface area contributed by atoms with Crippen molar-refractivity contribution in [3.05, 3.63) is 29.8 Å². The number of nitrogens with zero attached hydrogens (tertiary/aromatic N) is 3. The lowest BCUT2D eigenvalue weighted by atomic mass is 9.95. The van der Waals surface area contributed by atoms with Gasteiger partial charge in [0.05, 0.1) is 19.7 Å². The predicted molar refractivity (Wildman–Crippen MR) is 129 cm³/mol. The molecule has 3 N–H and O–H groups in total. The number of amides is 1. The van der Waals surface area contributed by atoms with Gasteiger partial charge in [0, 0.05) is 26.1 Å². The predicted octanol–water partition coefficient (Wildman–Crippen LogP) is 2.47. The van der Waals surface area contributed by atoms with Crippen LogP contribution in [0.5, 0.6) is 5.75 Å². The summed E-state index contributed by atoms with van der Waals surface area (Å²) in [7, 11) is 5.82. The van der Waals surface area contributed by atoms with E-state index in [-0.39, 0.29) is 35.9 Å². The number of hydrogen-bond acceptors (Lipinski definition) is 4. The fourth-order valence-electron chi connectivity index (χ4n) is 3.72. The number of nitrogens with two attached hydrogens (primary N) is 1. The Labute approximate surface area is 192 Å². The molecule has 2 atom stereocenters. The van der Waals surface area contributed by atoms with E-state index in [1.54, 1.807) is 7.11 Å². The largest absolute Gasteiger partial charge is 0.497 e. The number of guanidine groups is 1. The van der Waals surface area contributed by atoms with Crippen LogP contribution in [0.25, 0.3) is 0 Å². The molecule has 1 amide bonds. The molecule has 1 aliphatic rings. The second-order valence-electron chi connectivity index (χ2n) is 7.58. The van der Waals surface area contributed by atoms with Crippen molar-refractivity contribution in [3.8, 4) is 5.75 Å². The van der Waals surface area contributed by atoms with E-state index in [0.717, 1.165) is 44.2 Å². The maximum Gasteiger partial charge on any atom is 0.217 e. The molecule has 2 unspecified atom stereocenters. The minimum atomic E-state index is -0.223. The molecule has 0 bridgehead atoms. The molecule has 0 aromatic heterocycles. The number of carbonyl (C=O) groups is 1. The van der Waals surface area contributed by atoms with Crippen molar-refractivity contribution in [3.63, 3.8) is 0 Å². The Balaban J connectivity index is 0.00000420. The lowest BCUT2D eigenvalue weighted by Gasteiger charge is -2.35. The van der Waals surface area contributed by atoms with Crippen LogP contribution in [-0.2, 0) is 4.79 Å². The van der Waals surface area contributed by atoms with Gasteiger partial charge >= 0.3 is 0 Å². The third-order valence-corrected chi connectivity index (χ3v) is 5.16. The zero-order valence-electron chi connectivity index (χ0n) is 18.1. The molecule has 8 heteroatoms. The highest BCUT2D eigenvalue weighted by atomic mass is 127. The van der Waals surface area contributed by atoms with E-state index >= 15 is 0 Å². The number of likely N-dealkylation sites (N-methyl/N-ethyl adjacent to an activating group) is 1. The van der Waals surface area contributed by atoms with Crippen LogP contribution in [0.3, 0.4) is 0 Å². The van der Waals surface area contributed by atoms with Crippen LogP contribution in [-0.4, -0.2) is 69.1 Å². The topological polar surface area (TPSA) is 83.2 Å². The maximum absolute atomic E-state index is 11.3. The molecule has 1 aromatic carbocycles. The van der Waals surface area contributed by atoms with E-state index in [1.807, 2.05) is 12.1 Å². The third-order valence-electron chi connectivity index (χ3n) is 5.16. The van der Waals surface area contributed by atoms with Crippen LogP contribution in [0.4, 0.5) is 0 Å². The third kappa shape index (κ3) is 8.00. The second-order valence-corrected chi connectivity index (χ2v) is 7.58. The summed E-state index contributed by atoms with van der Waals surface area (Å²) >= 11 is 0. The van der Waals surface area contributed by atoms with E-state index < -0.39 is 0 Å². The van der Waals surface area contributed by atoms with Gasteiger partial charge in [-0.3, -0.25) is 9.79 Å². The molecule has 7 nitrogen and oxygen atoms in total. The van der Waals surface area contributed by atoms with Crippen molar-refractivity contribution in [1.29, 1.82) is 0 Å². The number of methoxy groups -OCH3 is 1. The molecule has 2 rings (SSSR count). The smallest absolute Gasteiger partial charge is 0.217 e. The van der Waals surface area contributed by atoms with Crippen LogP contribution in [0.15, 0.2) is 29.3 Å². The lowest BCUT2D eigenvalue weighted by Crippen LogP contribution is -2.47. The fourth-order valence-corrected chi connectivity index (χ4v) is 3.72. The Morgan fingerprint density at radius 2 is 2.21 bits per heavy atom. The highest BCUT2D eigenvalue weighted by Gasteiger charge is 2.24. The number of benzene rings is 1. The molecule has 1 fully saturated rings. The lowest BCUT2D eigenvalue weighted by molar-refractivity contribution is -0.119. The van der Waals surface area contributed by atoms with E-state index in [9.17, 15) is 4.79 Å². The van der Waals surface area contributed by atoms with E-state index in [1.165, 1.54) is 5.56 Å². The molecule has 0 spiro atoms. The molecule has 1 aromatic rings. The second kappa shape index (κ2) is 12.9. The van der Waals surface area contributed by atoms with E-state index in [0.29, 0.717) is 18.9 Å². The SMILES string of the molecule is CCNC(=NCC(c1cccc(OC)c1)N(C)C)N1CCCC(CC(N)=O)C1.I. The Morgan fingerprint density at radius 3 is 2.83 bits per heavy atom. The summed E-state index contributed by atoms with van der Waals surface area (Å²) in [5, 5.41) is 3.41. The molecule has 29 heavy (non-hydrogen) atoms. The number of ether oxygens (including phenoxy) is 1. The standard InChI is InChI=1S/C21H35N5O2.HI/c1-5-23-21(26-11-7-8-16(15-26)12-20(22)27)24-14-19(25(2)3)17-9-6-10-18(13-17)28-4;/h6,9-10,13,16,19H,5,7-8,11-12,14-15H2,1-4H3,(H2,22,27)(H,23,24);1H. The fraction of sp³-hybridized carbons (Fsp3) is 0.619. The zero-order chi connectivity index (χ0) is 20.5. The first-order chi connectivity index (χ1) is 13.4. The minimum absolute atomic E-state index is 0. The average molecular weight is 517 g/mol. The molecule has 0 saturated carbocycles. The molecule has 1 heterocycles. The number of hydrogen-bond donors (Lipinski definition) is 2. The first-order valence-corrected chi connectivity index (χ1v) is 10.1. The summed E-state index contributed by atoms with van der Waals surface area (Å²) in [6, 6.07) is 8.29.